The van der Waals surface area contributed by atoms with E-state index in [1.807, 2.05) is 13.0 Å². The summed E-state index contributed by atoms with van der Waals surface area (Å²) in [7, 11) is 0. The molecule has 0 aliphatic carbocycles. The van der Waals surface area contributed by atoms with Crippen molar-refractivity contribution in [3.05, 3.63) is 35.8 Å². The Morgan fingerprint density at radius 2 is 2.00 bits per heavy atom. The number of aliphatic hydroxyl groups excluding tert-OH is 1. The van der Waals surface area contributed by atoms with Gasteiger partial charge in [0.1, 0.15) is 11.3 Å². The molecule has 2 aromatic rings. The summed E-state index contributed by atoms with van der Waals surface area (Å²) in [6, 6.07) is 3.69. The Morgan fingerprint density at radius 1 is 1.33 bits per heavy atom. The van der Waals surface area contributed by atoms with Crippen molar-refractivity contribution in [2.45, 2.75) is 32.0 Å². The first-order valence-electron chi connectivity index (χ1n) is 7.75. The number of nitrogens with zero attached hydrogens (tertiary/aromatic N) is 3. The average Bonchev–Trinajstić information content (AvgIpc) is 2.95. The third-order valence-corrected chi connectivity index (χ3v) is 4.48. The number of alkyl halides is 3. The summed E-state index contributed by atoms with van der Waals surface area (Å²) >= 11 is 0. The van der Waals surface area contributed by atoms with E-state index in [2.05, 4.69) is 4.98 Å². The lowest BCUT2D eigenvalue weighted by molar-refractivity contribution is -0.222. The van der Waals surface area contributed by atoms with Gasteiger partial charge in [0.2, 0.25) is 0 Å². The fraction of sp³-hybridized carbons (Fsp3) is 0.500. The minimum Gasteiger partial charge on any atom is -0.383 e. The van der Waals surface area contributed by atoms with Crippen LogP contribution in [0.15, 0.2) is 24.5 Å². The molecule has 3 heterocycles. The topological polar surface area (TPSA) is 57.8 Å². The zero-order chi connectivity index (χ0) is 17.5. The molecule has 1 aliphatic rings. The van der Waals surface area contributed by atoms with Crippen molar-refractivity contribution in [3.63, 3.8) is 0 Å². The first-order chi connectivity index (χ1) is 11.3. The van der Waals surface area contributed by atoms with Gasteiger partial charge < -0.3 is 10.0 Å². The van der Waals surface area contributed by atoms with Crippen LogP contribution >= 0.6 is 0 Å². The number of aliphatic hydroxyl groups is 1. The van der Waals surface area contributed by atoms with Gasteiger partial charge in [0, 0.05) is 19.3 Å². The number of aromatic nitrogens is 2. The number of rotatable bonds is 2. The fourth-order valence-corrected chi connectivity index (χ4v) is 3.09. The van der Waals surface area contributed by atoms with Crippen LogP contribution in [0.4, 0.5) is 13.2 Å². The van der Waals surface area contributed by atoms with E-state index in [0.717, 1.165) is 5.56 Å². The Balaban J connectivity index is 1.72. The van der Waals surface area contributed by atoms with E-state index in [1.165, 1.54) is 11.1 Å². The quantitative estimate of drug-likeness (QED) is 0.913. The standard InChI is InChI=1S/C16H18F3N3O2/c1-10-2-3-13-20-8-12(22(13)9-10)15(24)21-6-4-11(5-7-21)14(23)16(17,18)19/h2-3,8-9,11,14,23H,4-7H2,1H3. The second-order valence-electron chi connectivity index (χ2n) is 6.19. The van der Waals surface area contributed by atoms with Crippen LogP contribution in [0, 0.1) is 12.8 Å². The molecule has 3 rings (SSSR count). The number of piperidine rings is 1. The highest BCUT2D eigenvalue weighted by atomic mass is 19.4. The third kappa shape index (κ3) is 3.10. The maximum Gasteiger partial charge on any atom is 0.414 e. The molecule has 0 aromatic carbocycles. The van der Waals surface area contributed by atoms with Gasteiger partial charge in [0.25, 0.3) is 5.91 Å². The van der Waals surface area contributed by atoms with Gasteiger partial charge in [-0.1, -0.05) is 6.07 Å². The first-order valence-corrected chi connectivity index (χ1v) is 7.75. The molecule has 130 valence electrons. The summed E-state index contributed by atoms with van der Waals surface area (Å²) in [4.78, 5) is 18.3. The van der Waals surface area contributed by atoms with E-state index < -0.39 is 18.2 Å². The Labute approximate surface area is 136 Å². The molecule has 0 bridgehead atoms. The molecule has 1 N–H and O–H groups in total. The van der Waals surface area contributed by atoms with Crippen LogP contribution < -0.4 is 0 Å². The normalized spacial score (nSPS) is 18.1. The van der Waals surface area contributed by atoms with Crippen molar-refractivity contribution < 1.29 is 23.1 Å². The Bertz CT molecular complexity index is 749. The second kappa shape index (κ2) is 6.08. The van der Waals surface area contributed by atoms with Crippen LogP contribution in [0.25, 0.3) is 5.65 Å². The molecule has 1 saturated heterocycles. The van der Waals surface area contributed by atoms with Crippen LogP contribution in [0.3, 0.4) is 0 Å². The zero-order valence-electron chi connectivity index (χ0n) is 13.1. The average molecular weight is 341 g/mol. The Kier molecular flexibility index (Phi) is 4.25. The number of likely N-dealkylation sites (tertiary alicyclic amines) is 1. The summed E-state index contributed by atoms with van der Waals surface area (Å²) in [6.07, 6.45) is -3.41. The van der Waals surface area contributed by atoms with E-state index in [4.69, 9.17) is 0 Å². The van der Waals surface area contributed by atoms with Crippen LogP contribution in [-0.2, 0) is 0 Å². The number of fused-ring (bicyclic) bond motifs is 1. The molecule has 0 saturated carbocycles. The van der Waals surface area contributed by atoms with Crippen molar-refractivity contribution in [2.75, 3.05) is 13.1 Å². The van der Waals surface area contributed by atoms with Crippen LogP contribution in [0.5, 0.6) is 0 Å². The summed E-state index contributed by atoms with van der Waals surface area (Å²) < 4.78 is 39.4. The minimum atomic E-state index is -4.62. The van der Waals surface area contributed by atoms with Crippen molar-refractivity contribution >= 4 is 11.6 Å². The van der Waals surface area contributed by atoms with Gasteiger partial charge in [0.05, 0.1) is 6.20 Å². The van der Waals surface area contributed by atoms with Gasteiger partial charge in [-0.2, -0.15) is 13.2 Å². The van der Waals surface area contributed by atoms with E-state index in [9.17, 15) is 23.1 Å². The molecule has 2 aromatic heterocycles. The molecule has 1 unspecified atom stereocenters. The highest BCUT2D eigenvalue weighted by Gasteiger charge is 2.44. The molecule has 0 spiro atoms. The highest BCUT2D eigenvalue weighted by molar-refractivity contribution is 5.93. The van der Waals surface area contributed by atoms with E-state index >= 15 is 0 Å². The number of pyridine rings is 1. The van der Waals surface area contributed by atoms with Crippen LogP contribution in [0.1, 0.15) is 28.9 Å². The number of carbonyl (C=O) groups is 1. The zero-order valence-corrected chi connectivity index (χ0v) is 13.1. The summed E-state index contributed by atoms with van der Waals surface area (Å²) in [6.45, 7) is 2.28. The van der Waals surface area contributed by atoms with Gasteiger partial charge in [-0.3, -0.25) is 9.20 Å². The number of aryl methyl sites for hydroxylation is 1. The van der Waals surface area contributed by atoms with Gasteiger partial charge >= 0.3 is 6.18 Å². The Hall–Kier alpha value is -2.09. The number of amides is 1. The molecule has 1 amide bonds. The lowest BCUT2D eigenvalue weighted by Gasteiger charge is -2.34. The number of carbonyl (C=O) groups excluding carboxylic acids is 1. The third-order valence-electron chi connectivity index (χ3n) is 4.48. The number of halogens is 3. The molecule has 1 aliphatic heterocycles. The molecular weight excluding hydrogens is 323 g/mol. The summed E-state index contributed by atoms with van der Waals surface area (Å²) in [5.74, 6) is -1.12. The largest absolute Gasteiger partial charge is 0.414 e. The molecule has 0 radical (unpaired) electrons. The van der Waals surface area contributed by atoms with Gasteiger partial charge in [-0.05, 0) is 37.3 Å². The number of hydrogen-bond donors (Lipinski definition) is 1. The second-order valence-corrected chi connectivity index (χ2v) is 6.19. The summed E-state index contributed by atoms with van der Waals surface area (Å²) in [5, 5.41) is 9.35. The first kappa shape index (κ1) is 16.8. The van der Waals surface area contributed by atoms with Gasteiger partial charge in [-0.15, -0.1) is 0 Å². The SMILES string of the molecule is Cc1ccc2ncc(C(=O)N3CCC(C(O)C(F)(F)F)CC3)n2c1. The molecule has 1 fully saturated rings. The summed E-state index contributed by atoms with van der Waals surface area (Å²) in [5.41, 5.74) is 2.01. The van der Waals surface area contributed by atoms with Gasteiger partial charge in [0.15, 0.2) is 6.10 Å². The van der Waals surface area contributed by atoms with Gasteiger partial charge in [-0.25, -0.2) is 4.98 Å². The number of hydrogen-bond acceptors (Lipinski definition) is 3. The predicted octanol–water partition coefficient (Wildman–Crippen LogP) is 2.42. The smallest absolute Gasteiger partial charge is 0.383 e. The van der Waals surface area contributed by atoms with E-state index in [1.54, 1.807) is 16.7 Å². The van der Waals surface area contributed by atoms with Crippen LogP contribution in [-0.4, -0.2) is 50.7 Å². The molecule has 1 atom stereocenters. The maximum absolute atomic E-state index is 12.6. The monoisotopic (exact) mass is 341 g/mol. The number of imidazole rings is 1. The molecule has 5 nitrogen and oxygen atoms in total. The Morgan fingerprint density at radius 3 is 2.62 bits per heavy atom. The van der Waals surface area contributed by atoms with Crippen molar-refractivity contribution in [2.24, 2.45) is 5.92 Å². The van der Waals surface area contributed by atoms with Crippen molar-refractivity contribution in [1.82, 2.24) is 14.3 Å². The van der Waals surface area contributed by atoms with E-state index in [-0.39, 0.29) is 31.8 Å². The van der Waals surface area contributed by atoms with E-state index in [0.29, 0.717) is 11.3 Å². The predicted molar refractivity (Wildman–Crippen MR) is 80.6 cm³/mol. The van der Waals surface area contributed by atoms with Crippen molar-refractivity contribution in [1.29, 1.82) is 0 Å². The minimum absolute atomic E-state index is 0.127. The van der Waals surface area contributed by atoms with Crippen molar-refractivity contribution in [3.8, 4) is 0 Å². The lowest BCUT2D eigenvalue weighted by atomic mass is 9.91. The lowest BCUT2D eigenvalue weighted by Crippen LogP contribution is -2.45. The fourth-order valence-electron chi connectivity index (χ4n) is 3.09. The molecule has 8 heteroatoms. The maximum atomic E-state index is 12.6. The highest BCUT2D eigenvalue weighted by Crippen LogP contribution is 2.31. The molecule has 24 heavy (non-hydrogen) atoms. The molecular formula is C16H18F3N3O2. The van der Waals surface area contributed by atoms with Crippen LogP contribution in [0.2, 0.25) is 0 Å².